The molecule has 0 radical (unpaired) electrons. The lowest BCUT2D eigenvalue weighted by Gasteiger charge is -2.41. The summed E-state index contributed by atoms with van der Waals surface area (Å²) in [6, 6.07) is 3.88. The van der Waals surface area contributed by atoms with Gasteiger partial charge in [0, 0.05) is 38.0 Å². The summed E-state index contributed by atoms with van der Waals surface area (Å²) in [4.78, 5) is 11.6. The zero-order valence-electron chi connectivity index (χ0n) is 18.4. The molecule has 166 valence electrons. The highest BCUT2D eigenvalue weighted by atomic mass is 127. The summed E-state index contributed by atoms with van der Waals surface area (Å²) in [6.07, 6.45) is 5.77. The molecular formula is C21H38IN5O2. The van der Waals surface area contributed by atoms with Crippen LogP contribution >= 0.6 is 24.0 Å². The largest absolute Gasteiger partial charge is 0.475 e. The van der Waals surface area contributed by atoms with Crippen molar-refractivity contribution in [1.82, 2.24) is 20.5 Å². The molecule has 0 aromatic carbocycles. The number of hydrogen-bond donors (Lipinski definition) is 2. The lowest BCUT2D eigenvalue weighted by atomic mass is 9.98. The Morgan fingerprint density at radius 3 is 2.55 bits per heavy atom. The summed E-state index contributed by atoms with van der Waals surface area (Å²) in [5, 5.41) is 6.85. The van der Waals surface area contributed by atoms with Crippen molar-refractivity contribution in [3.63, 3.8) is 0 Å². The lowest BCUT2D eigenvalue weighted by molar-refractivity contribution is 0.0982. The number of halogens is 1. The van der Waals surface area contributed by atoms with Gasteiger partial charge in [0.15, 0.2) is 5.96 Å². The molecule has 1 aliphatic rings. The van der Waals surface area contributed by atoms with E-state index in [2.05, 4.69) is 41.3 Å². The Kier molecular flexibility index (Phi) is 12.5. The summed E-state index contributed by atoms with van der Waals surface area (Å²) in [5.74, 6) is 1.45. The normalized spacial score (nSPS) is 15.5. The van der Waals surface area contributed by atoms with Crippen LogP contribution in [0.4, 0.5) is 0 Å². The number of pyridine rings is 1. The van der Waals surface area contributed by atoms with Gasteiger partial charge in [-0.3, -0.25) is 4.90 Å². The number of hydrogen-bond acceptors (Lipinski definition) is 5. The van der Waals surface area contributed by atoms with Gasteiger partial charge in [-0.15, -0.1) is 24.0 Å². The molecule has 0 aliphatic carbocycles. The lowest BCUT2D eigenvalue weighted by Crippen LogP contribution is -2.54. The first-order chi connectivity index (χ1) is 13.5. The van der Waals surface area contributed by atoms with Crippen molar-refractivity contribution >= 4 is 29.9 Å². The number of nitrogens with zero attached hydrogens (tertiary/aromatic N) is 3. The van der Waals surface area contributed by atoms with Crippen LogP contribution in [0.3, 0.4) is 0 Å². The molecule has 1 aliphatic heterocycles. The minimum absolute atomic E-state index is 0. The monoisotopic (exact) mass is 519 g/mol. The first-order valence-corrected chi connectivity index (χ1v) is 10.4. The molecule has 1 aromatic rings. The Balaban J connectivity index is 0.00000420. The topological polar surface area (TPSA) is 71.0 Å². The van der Waals surface area contributed by atoms with Crippen LogP contribution in [0.15, 0.2) is 23.3 Å². The van der Waals surface area contributed by atoms with Crippen LogP contribution in [0.25, 0.3) is 0 Å². The molecule has 0 atom stereocenters. The number of nitrogens with one attached hydrogen (secondary N) is 2. The standard InChI is InChI=1S/C21H37N5O2.HI/c1-5-22-20(25-17-21(2,3)26-11-7-6-8-12-26)24-16-18-9-10-19(23-15-18)28-14-13-27-4;/h9-10,15H,5-8,11-14,16-17H2,1-4H3,(H2,22,24,25);1H. The van der Waals surface area contributed by atoms with Gasteiger partial charge >= 0.3 is 0 Å². The Morgan fingerprint density at radius 2 is 1.93 bits per heavy atom. The van der Waals surface area contributed by atoms with Gasteiger partial charge in [-0.1, -0.05) is 12.5 Å². The van der Waals surface area contributed by atoms with E-state index in [1.54, 1.807) is 7.11 Å². The van der Waals surface area contributed by atoms with Gasteiger partial charge in [-0.05, 0) is 52.3 Å². The third-order valence-electron chi connectivity index (χ3n) is 5.00. The Hall–Kier alpha value is -1.13. The third-order valence-corrected chi connectivity index (χ3v) is 5.00. The van der Waals surface area contributed by atoms with Crippen LogP contribution in [0.5, 0.6) is 5.88 Å². The van der Waals surface area contributed by atoms with Crippen molar-refractivity contribution < 1.29 is 9.47 Å². The van der Waals surface area contributed by atoms with Gasteiger partial charge in [0.1, 0.15) is 6.61 Å². The summed E-state index contributed by atoms with van der Waals surface area (Å²) in [7, 11) is 1.65. The van der Waals surface area contributed by atoms with Gasteiger partial charge in [0.25, 0.3) is 0 Å². The summed E-state index contributed by atoms with van der Waals surface area (Å²) >= 11 is 0. The molecule has 2 N–H and O–H groups in total. The van der Waals surface area contributed by atoms with E-state index >= 15 is 0 Å². The van der Waals surface area contributed by atoms with E-state index < -0.39 is 0 Å². The Labute approximate surface area is 193 Å². The van der Waals surface area contributed by atoms with Crippen molar-refractivity contribution in [1.29, 1.82) is 0 Å². The van der Waals surface area contributed by atoms with Crippen molar-refractivity contribution in [2.45, 2.75) is 52.1 Å². The fraction of sp³-hybridized carbons (Fsp3) is 0.714. The molecule has 0 saturated carbocycles. The summed E-state index contributed by atoms with van der Waals surface area (Å²) in [6.45, 7) is 12.4. The van der Waals surface area contributed by atoms with E-state index in [1.807, 2.05) is 18.3 Å². The second-order valence-corrected chi connectivity index (χ2v) is 7.75. The minimum Gasteiger partial charge on any atom is -0.475 e. The molecule has 0 spiro atoms. The van der Waals surface area contributed by atoms with Crippen molar-refractivity contribution in [3.8, 4) is 5.88 Å². The minimum atomic E-state index is 0. The quantitative estimate of drug-likeness (QED) is 0.214. The molecule has 7 nitrogen and oxygen atoms in total. The zero-order chi connectivity index (χ0) is 20.2. The molecule has 0 amide bonds. The van der Waals surface area contributed by atoms with Crippen LogP contribution < -0.4 is 15.4 Å². The number of guanidine groups is 1. The van der Waals surface area contributed by atoms with E-state index in [0.29, 0.717) is 25.6 Å². The molecule has 0 bridgehead atoms. The average Bonchev–Trinajstić information content (AvgIpc) is 2.72. The summed E-state index contributed by atoms with van der Waals surface area (Å²) < 4.78 is 10.5. The molecular weight excluding hydrogens is 481 g/mol. The second-order valence-electron chi connectivity index (χ2n) is 7.75. The van der Waals surface area contributed by atoms with Gasteiger partial charge in [0.2, 0.25) is 5.88 Å². The highest BCUT2D eigenvalue weighted by Gasteiger charge is 2.27. The molecule has 29 heavy (non-hydrogen) atoms. The molecule has 1 fully saturated rings. The maximum absolute atomic E-state index is 5.50. The van der Waals surface area contributed by atoms with Crippen LogP contribution in [-0.2, 0) is 11.3 Å². The Morgan fingerprint density at radius 1 is 1.17 bits per heavy atom. The van der Waals surface area contributed by atoms with Crippen molar-refractivity contribution in [2.75, 3.05) is 46.5 Å². The van der Waals surface area contributed by atoms with Gasteiger partial charge in [-0.25, -0.2) is 9.98 Å². The predicted molar refractivity (Wildman–Crippen MR) is 129 cm³/mol. The fourth-order valence-electron chi connectivity index (χ4n) is 3.24. The second kappa shape index (κ2) is 14.0. The van der Waals surface area contributed by atoms with E-state index in [4.69, 9.17) is 14.5 Å². The molecule has 2 heterocycles. The number of likely N-dealkylation sites (tertiary alicyclic amines) is 1. The number of methoxy groups -OCH3 is 1. The summed E-state index contributed by atoms with van der Waals surface area (Å²) in [5.41, 5.74) is 1.16. The maximum atomic E-state index is 5.50. The van der Waals surface area contributed by atoms with Crippen LogP contribution in [0.2, 0.25) is 0 Å². The fourth-order valence-corrected chi connectivity index (χ4v) is 3.24. The number of aromatic nitrogens is 1. The van der Waals surface area contributed by atoms with Crippen molar-refractivity contribution in [3.05, 3.63) is 23.9 Å². The van der Waals surface area contributed by atoms with Crippen LogP contribution in [0, 0.1) is 0 Å². The third kappa shape index (κ3) is 9.48. The van der Waals surface area contributed by atoms with Gasteiger partial charge in [0.05, 0.1) is 13.2 Å². The smallest absolute Gasteiger partial charge is 0.213 e. The van der Waals surface area contributed by atoms with E-state index in [-0.39, 0.29) is 29.5 Å². The molecule has 2 rings (SSSR count). The van der Waals surface area contributed by atoms with Gasteiger partial charge in [-0.2, -0.15) is 0 Å². The van der Waals surface area contributed by atoms with Crippen LogP contribution in [-0.4, -0.2) is 67.9 Å². The molecule has 1 aromatic heterocycles. The first kappa shape index (κ1) is 25.9. The highest BCUT2D eigenvalue weighted by Crippen LogP contribution is 2.19. The maximum Gasteiger partial charge on any atom is 0.213 e. The number of rotatable bonds is 10. The zero-order valence-corrected chi connectivity index (χ0v) is 20.7. The SMILES string of the molecule is CCNC(=NCc1ccc(OCCOC)nc1)NCC(C)(C)N1CCCCC1.I. The number of aliphatic imine (C=N–C) groups is 1. The predicted octanol–water partition coefficient (Wildman–Crippen LogP) is 3.04. The van der Waals surface area contributed by atoms with Crippen molar-refractivity contribution in [2.24, 2.45) is 4.99 Å². The highest BCUT2D eigenvalue weighted by molar-refractivity contribution is 14.0. The number of ether oxygens (including phenoxy) is 2. The number of piperidine rings is 1. The average molecular weight is 519 g/mol. The molecule has 1 saturated heterocycles. The van der Waals surface area contributed by atoms with E-state index in [9.17, 15) is 0 Å². The Bertz CT molecular complexity index is 589. The van der Waals surface area contributed by atoms with E-state index in [0.717, 1.165) is 24.6 Å². The first-order valence-electron chi connectivity index (χ1n) is 10.4. The van der Waals surface area contributed by atoms with E-state index in [1.165, 1.54) is 32.4 Å². The van der Waals surface area contributed by atoms with Gasteiger partial charge < -0.3 is 20.1 Å². The molecule has 8 heteroatoms. The molecule has 0 unspecified atom stereocenters. The van der Waals surface area contributed by atoms with Crippen LogP contribution in [0.1, 0.15) is 45.6 Å².